The monoisotopic (exact) mass is 400 g/mol. The average molecular weight is 401 g/mol. The molecule has 1 unspecified atom stereocenters. The molecule has 4 aromatic rings. The van der Waals surface area contributed by atoms with Gasteiger partial charge in [0, 0.05) is 53.9 Å². The predicted molar refractivity (Wildman–Crippen MR) is 123 cm³/mol. The Bertz CT molecular complexity index is 1150. The Labute approximate surface area is 178 Å². The molecule has 1 atom stereocenters. The minimum atomic E-state index is 0.197. The van der Waals surface area contributed by atoms with E-state index in [-0.39, 0.29) is 6.04 Å². The van der Waals surface area contributed by atoms with Gasteiger partial charge in [-0.2, -0.15) is 0 Å². The second-order valence-electron chi connectivity index (χ2n) is 7.54. The van der Waals surface area contributed by atoms with E-state index >= 15 is 0 Å². The first-order chi connectivity index (χ1) is 14.6. The third kappa shape index (κ3) is 3.79. The number of aryl methyl sites for hydroxylation is 1. The third-order valence-electron chi connectivity index (χ3n) is 5.71. The number of fused-ring (bicyclic) bond motifs is 1. The molecule has 154 valence electrons. The Balaban J connectivity index is 1.63. The molecule has 0 amide bonds. The molecule has 1 N–H and O–H groups in total. The van der Waals surface area contributed by atoms with Crippen LogP contribution in [0.4, 0.5) is 0 Å². The fourth-order valence-electron chi connectivity index (χ4n) is 4.02. The number of aromatic nitrogens is 1. The second kappa shape index (κ2) is 8.64. The van der Waals surface area contributed by atoms with Gasteiger partial charge in [0.15, 0.2) is 0 Å². The summed E-state index contributed by atoms with van der Waals surface area (Å²) in [5.74, 6) is 1.63. The fourth-order valence-corrected chi connectivity index (χ4v) is 4.02. The SMILES string of the molecule is COc1cc(OC)c(-c2ccccc2)cc1CNC(C)c1cccc2c1ccn2C. The van der Waals surface area contributed by atoms with Gasteiger partial charge in [0.25, 0.3) is 0 Å². The lowest BCUT2D eigenvalue weighted by molar-refractivity contribution is 0.390. The van der Waals surface area contributed by atoms with E-state index in [2.05, 4.69) is 72.5 Å². The summed E-state index contributed by atoms with van der Waals surface area (Å²) in [5, 5.41) is 4.96. The molecule has 1 aromatic heterocycles. The lowest BCUT2D eigenvalue weighted by atomic mass is 10.00. The van der Waals surface area contributed by atoms with E-state index in [4.69, 9.17) is 9.47 Å². The molecular weight excluding hydrogens is 372 g/mol. The van der Waals surface area contributed by atoms with Crippen LogP contribution in [0.25, 0.3) is 22.0 Å². The summed E-state index contributed by atoms with van der Waals surface area (Å²) in [4.78, 5) is 0. The first-order valence-electron chi connectivity index (χ1n) is 10.2. The summed E-state index contributed by atoms with van der Waals surface area (Å²) in [6.45, 7) is 2.90. The Hall–Kier alpha value is -3.24. The van der Waals surface area contributed by atoms with E-state index in [1.54, 1.807) is 14.2 Å². The van der Waals surface area contributed by atoms with E-state index in [0.717, 1.165) is 28.2 Å². The van der Waals surface area contributed by atoms with Gasteiger partial charge in [-0.15, -0.1) is 0 Å². The number of hydrogen-bond acceptors (Lipinski definition) is 3. The Morgan fingerprint density at radius 1 is 0.900 bits per heavy atom. The maximum atomic E-state index is 5.67. The van der Waals surface area contributed by atoms with Crippen LogP contribution in [0.15, 0.2) is 72.9 Å². The van der Waals surface area contributed by atoms with Crippen molar-refractivity contribution in [2.45, 2.75) is 19.5 Å². The summed E-state index contributed by atoms with van der Waals surface area (Å²) < 4.78 is 13.5. The molecule has 4 rings (SSSR count). The molecule has 0 saturated heterocycles. The van der Waals surface area contributed by atoms with E-state index in [1.165, 1.54) is 16.5 Å². The average Bonchev–Trinajstić information content (AvgIpc) is 3.18. The van der Waals surface area contributed by atoms with Crippen LogP contribution in [-0.4, -0.2) is 18.8 Å². The minimum absolute atomic E-state index is 0.197. The highest BCUT2D eigenvalue weighted by Gasteiger charge is 2.15. The van der Waals surface area contributed by atoms with Crippen LogP contribution in [-0.2, 0) is 13.6 Å². The van der Waals surface area contributed by atoms with Gasteiger partial charge in [0.1, 0.15) is 11.5 Å². The van der Waals surface area contributed by atoms with Crippen molar-refractivity contribution >= 4 is 10.9 Å². The van der Waals surface area contributed by atoms with Crippen LogP contribution in [0.5, 0.6) is 11.5 Å². The van der Waals surface area contributed by atoms with Crippen molar-refractivity contribution in [3.8, 4) is 22.6 Å². The summed E-state index contributed by atoms with van der Waals surface area (Å²) in [5.41, 5.74) is 5.83. The van der Waals surface area contributed by atoms with Gasteiger partial charge < -0.3 is 19.4 Å². The first-order valence-corrected chi connectivity index (χ1v) is 10.2. The van der Waals surface area contributed by atoms with Crippen molar-refractivity contribution in [1.29, 1.82) is 0 Å². The van der Waals surface area contributed by atoms with Gasteiger partial charge in [-0.1, -0.05) is 42.5 Å². The number of rotatable bonds is 7. The molecule has 0 saturated carbocycles. The number of nitrogens with zero attached hydrogens (tertiary/aromatic N) is 1. The third-order valence-corrected chi connectivity index (χ3v) is 5.71. The normalized spacial score (nSPS) is 12.1. The van der Waals surface area contributed by atoms with Crippen molar-refractivity contribution in [2.24, 2.45) is 7.05 Å². The largest absolute Gasteiger partial charge is 0.496 e. The van der Waals surface area contributed by atoms with Gasteiger partial charge in [0.05, 0.1) is 14.2 Å². The maximum Gasteiger partial charge on any atom is 0.130 e. The molecular formula is C26H28N2O2. The second-order valence-corrected chi connectivity index (χ2v) is 7.54. The van der Waals surface area contributed by atoms with Crippen LogP contribution in [0.3, 0.4) is 0 Å². The minimum Gasteiger partial charge on any atom is -0.496 e. The quantitative estimate of drug-likeness (QED) is 0.431. The highest BCUT2D eigenvalue weighted by molar-refractivity contribution is 5.84. The maximum absolute atomic E-state index is 5.67. The Kier molecular flexibility index (Phi) is 5.77. The van der Waals surface area contributed by atoms with Crippen molar-refractivity contribution in [3.63, 3.8) is 0 Å². The van der Waals surface area contributed by atoms with Crippen molar-refractivity contribution in [3.05, 3.63) is 84.1 Å². The van der Waals surface area contributed by atoms with Crippen LogP contribution in [0.1, 0.15) is 24.1 Å². The van der Waals surface area contributed by atoms with Crippen molar-refractivity contribution < 1.29 is 9.47 Å². The first kappa shape index (κ1) is 20.0. The Morgan fingerprint density at radius 2 is 1.67 bits per heavy atom. The number of nitrogens with one attached hydrogen (secondary N) is 1. The molecule has 0 spiro atoms. The summed E-state index contributed by atoms with van der Waals surface area (Å²) in [6, 6.07) is 23.3. The highest BCUT2D eigenvalue weighted by Crippen LogP contribution is 2.36. The Morgan fingerprint density at radius 3 is 2.40 bits per heavy atom. The molecule has 0 radical (unpaired) electrons. The number of hydrogen-bond donors (Lipinski definition) is 1. The van der Waals surface area contributed by atoms with Crippen LogP contribution < -0.4 is 14.8 Å². The molecule has 3 aromatic carbocycles. The molecule has 0 aliphatic rings. The van der Waals surface area contributed by atoms with E-state index in [0.29, 0.717) is 6.54 Å². The zero-order chi connectivity index (χ0) is 21.1. The summed E-state index contributed by atoms with van der Waals surface area (Å²) in [7, 11) is 5.48. The van der Waals surface area contributed by atoms with Gasteiger partial charge in [-0.05, 0) is 36.2 Å². The van der Waals surface area contributed by atoms with Gasteiger partial charge in [0.2, 0.25) is 0 Å². The molecule has 4 heteroatoms. The molecule has 0 aliphatic heterocycles. The lowest BCUT2D eigenvalue weighted by Gasteiger charge is -2.19. The van der Waals surface area contributed by atoms with Gasteiger partial charge in [-0.3, -0.25) is 0 Å². The standard InChI is InChI=1S/C26H28N2O2/c1-18(21-11-8-12-24-22(21)13-14-28(24)2)27-17-20-15-23(19-9-6-5-7-10-19)26(30-4)16-25(20)29-3/h5-16,18,27H,17H2,1-4H3. The number of ether oxygens (including phenoxy) is 2. The number of benzene rings is 3. The highest BCUT2D eigenvalue weighted by atomic mass is 16.5. The van der Waals surface area contributed by atoms with Crippen molar-refractivity contribution in [1.82, 2.24) is 9.88 Å². The fraction of sp³-hybridized carbons (Fsp3) is 0.231. The summed E-state index contributed by atoms with van der Waals surface area (Å²) >= 11 is 0. The molecule has 4 nitrogen and oxygen atoms in total. The van der Waals surface area contributed by atoms with Gasteiger partial charge >= 0.3 is 0 Å². The van der Waals surface area contributed by atoms with Crippen LogP contribution >= 0.6 is 0 Å². The van der Waals surface area contributed by atoms with Crippen molar-refractivity contribution in [2.75, 3.05) is 14.2 Å². The summed E-state index contributed by atoms with van der Waals surface area (Å²) in [6.07, 6.45) is 2.11. The zero-order valence-electron chi connectivity index (χ0n) is 18.0. The van der Waals surface area contributed by atoms with E-state index in [1.807, 2.05) is 24.3 Å². The number of methoxy groups -OCH3 is 2. The lowest BCUT2D eigenvalue weighted by Crippen LogP contribution is -2.19. The van der Waals surface area contributed by atoms with Gasteiger partial charge in [-0.25, -0.2) is 0 Å². The van der Waals surface area contributed by atoms with E-state index in [9.17, 15) is 0 Å². The molecule has 0 fully saturated rings. The molecule has 0 bridgehead atoms. The predicted octanol–water partition coefficient (Wildman–Crippen LogP) is 5.71. The zero-order valence-corrected chi connectivity index (χ0v) is 18.0. The molecule has 30 heavy (non-hydrogen) atoms. The molecule has 1 heterocycles. The van der Waals surface area contributed by atoms with Crippen LogP contribution in [0, 0.1) is 0 Å². The topological polar surface area (TPSA) is 35.4 Å². The van der Waals surface area contributed by atoms with E-state index < -0.39 is 0 Å². The molecule has 0 aliphatic carbocycles. The van der Waals surface area contributed by atoms with Crippen LogP contribution in [0.2, 0.25) is 0 Å². The smallest absolute Gasteiger partial charge is 0.130 e.